The van der Waals surface area contributed by atoms with E-state index in [0.717, 1.165) is 50.8 Å². The van der Waals surface area contributed by atoms with Crippen LogP contribution >= 0.6 is 36.4 Å². The van der Waals surface area contributed by atoms with Gasteiger partial charge >= 0.3 is 0 Å². The Kier molecular flexibility index (Phi) is 17.0. The highest BCUT2D eigenvalue weighted by atomic mass is 35.5. The fourth-order valence-corrected chi connectivity index (χ4v) is 6.84. The highest BCUT2D eigenvalue weighted by Gasteiger charge is 2.41. The molecule has 5 rings (SSSR count). The SMILES string of the molecule is COc1c(OCCCNCCCc2ccccc2)cccc1[C@@H]1O[C@@H](CC(=O)N2CCC(N)CC2)C(=O)N(CC(C)(C)C)c2ccc(Cl)cc21.Cl.Cl. The molecular weight excluding hydrogens is 723 g/mol. The molecule has 286 valence electrons. The van der Waals surface area contributed by atoms with E-state index >= 15 is 0 Å². The van der Waals surface area contributed by atoms with Crippen molar-refractivity contribution in [3.05, 3.63) is 88.4 Å². The van der Waals surface area contributed by atoms with Gasteiger partial charge in [-0.2, -0.15) is 0 Å². The number of piperidine rings is 1. The molecule has 0 unspecified atom stereocenters. The van der Waals surface area contributed by atoms with Crippen LogP contribution in [0.15, 0.2) is 66.7 Å². The van der Waals surface area contributed by atoms with Gasteiger partial charge in [-0.05, 0) is 80.4 Å². The summed E-state index contributed by atoms with van der Waals surface area (Å²) in [6.07, 6.45) is 2.55. The Morgan fingerprint density at radius 3 is 2.38 bits per heavy atom. The first-order valence-electron chi connectivity index (χ1n) is 17.9. The van der Waals surface area contributed by atoms with Gasteiger partial charge < -0.3 is 35.1 Å². The van der Waals surface area contributed by atoms with Gasteiger partial charge in [0.15, 0.2) is 11.5 Å². The number of amides is 2. The highest BCUT2D eigenvalue weighted by Crippen LogP contribution is 2.46. The zero-order valence-electron chi connectivity index (χ0n) is 30.8. The summed E-state index contributed by atoms with van der Waals surface area (Å²) in [5, 5.41) is 4.03. The predicted molar refractivity (Wildman–Crippen MR) is 214 cm³/mol. The molecular formula is C40H55Cl3N4O5. The Bertz CT molecular complexity index is 1580. The number of likely N-dealkylation sites (tertiary alicyclic amines) is 1. The van der Waals surface area contributed by atoms with E-state index in [-0.39, 0.29) is 54.5 Å². The van der Waals surface area contributed by atoms with Crippen molar-refractivity contribution >= 4 is 53.9 Å². The molecule has 1 fully saturated rings. The van der Waals surface area contributed by atoms with E-state index < -0.39 is 12.2 Å². The van der Waals surface area contributed by atoms with Crippen LogP contribution in [0, 0.1) is 5.41 Å². The van der Waals surface area contributed by atoms with Crippen molar-refractivity contribution in [1.29, 1.82) is 0 Å². The number of fused-ring (bicyclic) bond motifs is 1. The van der Waals surface area contributed by atoms with Crippen LogP contribution in [0.25, 0.3) is 0 Å². The summed E-state index contributed by atoms with van der Waals surface area (Å²) in [5.74, 6) is 0.730. The number of para-hydroxylation sites is 1. The Balaban J connectivity index is 0.00000364. The minimum atomic E-state index is -1.03. The maximum atomic E-state index is 14.4. The largest absolute Gasteiger partial charge is 0.492 e. The van der Waals surface area contributed by atoms with Crippen LogP contribution in [0.4, 0.5) is 5.69 Å². The van der Waals surface area contributed by atoms with E-state index in [9.17, 15) is 9.59 Å². The molecule has 0 aliphatic carbocycles. The van der Waals surface area contributed by atoms with E-state index in [2.05, 4.69) is 50.4 Å². The average Bonchev–Trinajstić information content (AvgIpc) is 3.19. The standard InChI is InChI=1S/C40H53ClN4O5.2ClH/c1-40(2,3)27-45-33-17-16-29(41)25-32(33)37(50-35(39(45)47)26-36(46)44-22-18-30(42)19-23-44)31-14-8-15-34(38(31)48-4)49-24-10-21-43-20-9-13-28-11-6-5-7-12-28;;/h5-8,11-12,14-17,25,30,35,37,43H,9-10,13,18-24,26-27,42H2,1-4H3;2*1H/t35-,37-;;/m0../s1. The highest BCUT2D eigenvalue weighted by molar-refractivity contribution is 6.30. The summed E-state index contributed by atoms with van der Waals surface area (Å²) >= 11 is 6.61. The Hall–Kier alpha value is -3.05. The molecule has 2 aliphatic rings. The van der Waals surface area contributed by atoms with E-state index in [0.29, 0.717) is 54.0 Å². The summed E-state index contributed by atoms with van der Waals surface area (Å²) in [4.78, 5) is 31.6. The zero-order valence-corrected chi connectivity index (χ0v) is 33.2. The minimum Gasteiger partial charge on any atom is -0.492 e. The zero-order chi connectivity index (χ0) is 35.7. The number of carbonyl (C=O) groups is 2. The second-order valence-electron chi connectivity index (χ2n) is 14.5. The summed E-state index contributed by atoms with van der Waals surface area (Å²) in [6, 6.07) is 21.8. The fourth-order valence-electron chi connectivity index (χ4n) is 6.66. The number of halogens is 3. The van der Waals surface area contributed by atoms with Gasteiger partial charge in [0.25, 0.3) is 5.91 Å². The van der Waals surface area contributed by atoms with Gasteiger partial charge in [0, 0.05) is 47.5 Å². The van der Waals surface area contributed by atoms with Crippen molar-refractivity contribution in [2.75, 3.05) is 51.3 Å². The lowest BCUT2D eigenvalue weighted by molar-refractivity contribution is -0.143. The topological polar surface area (TPSA) is 106 Å². The van der Waals surface area contributed by atoms with Crippen LogP contribution in [0.1, 0.15) is 75.7 Å². The van der Waals surface area contributed by atoms with Crippen LogP contribution in [0.2, 0.25) is 5.02 Å². The molecule has 1 saturated heterocycles. The van der Waals surface area contributed by atoms with Crippen LogP contribution in [0.5, 0.6) is 11.5 Å². The van der Waals surface area contributed by atoms with Gasteiger partial charge in [0.05, 0.1) is 20.1 Å². The number of nitrogens with two attached hydrogens (primary N) is 1. The molecule has 9 nitrogen and oxygen atoms in total. The van der Waals surface area contributed by atoms with Gasteiger partial charge in [-0.25, -0.2) is 0 Å². The molecule has 2 heterocycles. The summed E-state index contributed by atoms with van der Waals surface area (Å²) in [7, 11) is 1.61. The van der Waals surface area contributed by atoms with E-state index in [1.165, 1.54) is 5.56 Å². The Morgan fingerprint density at radius 1 is 0.981 bits per heavy atom. The second kappa shape index (κ2) is 20.4. The fraction of sp³-hybridized carbons (Fsp3) is 0.500. The molecule has 0 aromatic heterocycles. The van der Waals surface area contributed by atoms with E-state index in [4.69, 9.17) is 31.5 Å². The van der Waals surface area contributed by atoms with Crippen LogP contribution < -0.4 is 25.4 Å². The first-order valence-corrected chi connectivity index (χ1v) is 18.3. The second-order valence-corrected chi connectivity index (χ2v) is 15.0. The molecule has 52 heavy (non-hydrogen) atoms. The lowest BCUT2D eigenvalue weighted by atomic mass is 9.94. The molecule has 0 radical (unpaired) electrons. The van der Waals surface area contributed by atoms with Gasteiger partial charge in [0.1, 0.15) is 12.2 Å². The van der Waals surface area contributed by atoms with Crippen LogP contribution in [-0.2, 0) is 20.7 Å². The number of rotatable bonds is 14. The number of nitrogens with one attached hydrogen (secondary N) is 1. The van der Waals surface area contributed by atoms with Crippen molar-refractivity contribution < 1.29 is 23.8 Å². The smallest absolute Gasteiger partial charge is 0.256 e. The number of benzene rings is 3. The summed E-state index contributed by atoms with van der Waals surface area (Å²) in [5.41, 5.74) is 9.35. The van der Waals surface area contributed by atoms with Gasteiger partial charge in [-0.15, -0.1) is 24.8 Å². The number of aryl methyl sites for hydroxylation is 1. The van der Waals surface area contributed by atoms with E-state index in [1.54, 1.807) is 23.0 Å². The van der Waals surface area contributed by atoms with Crippen molar-refractivity contribution in [3.8, 4) is 11.5 Å². The third-order valence-corrected chi connectivity index (χ3v) is 9.44. The molecule has 2 aliphatic heterocycles. The Labute approximate surface area is 326 Å². The first-order chi connectivity index (χ1) is 24.0. The van der Waals surface area contributed by atoms with Crippen molar-refractivity contribution in [1.82, 2.24) is 10.2 Å². The molecule has 3 aromatic rings. The van der Waals surface area contributed by atoms with Crippen molar-refractivity contribution in [3.63, 3.8) is 0 Å². The summed E-state index contributed by atoms with van der Waals surface area (Å²) in [6.45, 7) is 10.1. The maximum absolute atomic E-state index is 14.4. The number of methoxy groups -OCH3 is 1. The third kappa shape index (κ3) is 11.7. The lowest BCUT2D eigenvalue weighted by Crippen LogP contribution is -2.47. The van der Waals surface area contributed by atoms with Crippen molar-refractivity contribution in [2.24, 2.45) is 11.1 Å². The van der Waals surface area contributed by atoms with Crippen LogP contribution in [-0.4, -0.2) is 75.3 Å². The summed E-state index contributed by atoms with van der Waals surface area (Å²) < 4.78 is 19.0. The minimum absolute atomic E-state index is 0. The molecule has 0 saturated carbocycles. The molecule has 2 amide bonds. The van der Waals surface area contributed by atoms with Gasteiger partial charge in [-0.3, -0.25) is 9.59 Å². The quantitative estimate of drug-likeness (QED) is 0.165. The van der Waals surface area contributed by atoms with Gasteiger partial charge in [0.2, 0.25) is 5.91 Å². The number of anilines is 1. The van der Waals surface area contributed by atoms with Crippen molar-refractivity contribution in [2.45, 2.75) is 77.5 Å². The first kappa shape index (κ1) is 43.4. The molecule has 0 bridgehead atoms. The monoisotopic (exact) mass is 776 g/mol. The Morgan fingerprint density at radius 2 is 1.69 bits per heavy atom. The molecule has 2 atom stereocenters. The number of nitrogens with zero attached hydrogens (tertiary/aromatic N) is 2. The number of carbonyl (C=O) groups excluding carboxylic acids is 2. The normalized spacial score (nSPS) is 17.8. The lowest BCUT2D eigenvalue weighted by Gasteiger charge is -2.33. The number of hydrogen-bond donors (Lipinski definition) is 2. The average molecular weight is 778 g/mol. The maximum Gasteiger partial charge on any atom is 0.256 e. The molecule has 3 N–H and O–H groups in total. The van der Waals surface area contributed by atoms with E-state index in [1.807, 2.05) is 36.4 Å². The predicted octanol–water partition coefficient (Wildman–Crippen LogP) is 7.39. The molecule has 12 heteroatoms. The third-order valence-electron chi connectivity index (χ3n) is 9.20. The molecule has 0 spiro atoms. The number of hydrogen-bond acceptors (Lipinski definition) is 7. The van der Waals surface area contributed by atoms with Crippen LogP contribution in [0.3, 0.4) is 0 Å². The number of ether oxygens (including phenoxy) is 3. The van der Waals surface area contributed by atoms with Gasteiger partial charge in [-0.1, -0.05) is 74.8 Å². The molecule has 3 aromatic carbocycles.